The number of hydrogen-bond donors (Lipinski definition) is 1. The third-order valence-electron chi connectivity index (χ3n) is 4.18. The van der Waals surface area contributed by atoms with Gasteiger partial charge in [-0.15, -0.1) is 22.7 Å². The second kappa shape index (κ2) is 8.29. The number of hydrogen-bond acceptors (Lipinski definition) is 4. The van der Waals surface area contributed by atoms with Gasteiger partial charge in [-0.2, -0.15) is 0 Å². The highest BCUT2D eigenvalue weighted by Crippen LogP contribution is 2.27. The molecule has 2 heterocycles. The Morgan fingerprint density at radius 1 is 0.926 bits per heavy atom. The molecule has 0 bridgehead atoms. The van der Waals surface area contributed by atoms with E-state index in [-0.39, 0.29) is 18.4 Å². The molecule has 134 valence electrons. The summed E-state index contributed by atoms with van der Waals surface area (Å²) in [5.41, 5.74) is 2.96. The normalized spacial score (nSPS) is 11.9. The number of carbonyl (C=O) groups is 1. The summed E-state index contributed by atoms with van der Waals surface area (Å²) >= 11 is 3.22. The van der Waals surface area contributed by atoms with Crippen molar-refractivity contribution in [3.63, 3.8) is 0 Å². The molecule has 0 saturated heterocycles. The molecule has 4 aromatic rings. The molecule has 0 aliphatic rings. The van der Waals surface area contributed by atoms with E-state index in [0.29, 0.717) is 0 Å². The summed E-state index contributed by atoms with van der Waals surface area (Å²) in [6.07, 6.45) is 0.276. The van der Waals surface area contributed by atoms with Gasteiger partial charge in [-0.25, -0.2) is 4.98 Å². The fraction of sp³-hybridized carbons (Fsp3) is 0.0909. The Morgan fingerprint density at radius 2 is 1.67 bits per heavy atom. The van der Waals surface area contributed by atoms with E-state index in [1.165, 1.54) is 0 Å². The highest BCUT2D eigenvalue weighted by Gasteiger charge is 2.18. The van der Waals surface area contributed by atoms with Gasteiger partial charge in [0.25, 0.3) is 0 Å². The molecule has 4 rings (SSSR count). The SMILES string of the molecule is O=C(Cc1csc(-c2ccccc2)n1)NC(c1ccccc1)c1cccs1. The van der Waals surface area contributed by atoms with Crippen molar-refractivity contribution in [1.82, 2.24) is 10.3 Å². The molecule has 27 heavy (non-hydrogen) atoms. The van der Waals surface area contributed by atoms with Crippen LogP contribution in [0, 0.1) is 0 Å². The molecule has 1 amide bonds. The summed E-state index contributed by atoms with van der Waals surface area (Å²) in [7, 11) is 0. The largest absolute Gasteiger partial charge is 0.344 e. The molecule has 1 N–H and O–H groups in total. The van der Waals surface area contributed by atoms with Crippen LogP contribution < -0.4 is 5.32 Å². The fourth-order valence-corrected chi connectivity index (χ4v) is 4.53. The van der Waals surface area contributed by atoms with Gasteiger partial charge < -0.3 is 5.32 Å². The quantitative estimate of drug-likeness (QED) is 0.484. The summed E-state index contributed by atoms with van der Waals surface area (Å²) in [4.78, 5) is 18.4. The van der Waals surface area contributed by atoms with Crippen LogP contribution in [0.5, 0.6) is 0 Å². The third kappa shape index (κ3) is 4.32. The topological polar surface area (TPSA) is 42.0 Å². The molecular formula is C22H18N2OS2. The van der Waals surface area contributed by atoms with Crippen LogP contribution in [0.3, 0.4) is 0 Å². The molecule has 0 radical (unpaired) electrons. The summed E-state index contributed by atoms with van der Waals surface area (Å²) in [5, 5.41) is 8.10. The zero-order chi connectivity index (χ0) is 18.5. The molecule has 2 aromatic heterocycles. The number of nitrogens with zero attached hydrogens (tertiary/aromatic N) is 1. The van der Waals surface area contributed by atoms with Crippen molar-refractivity contribution >= 4 is 28.6 Å². The summed E-state index contributed by atoms with van der Waals surface area (Å²) < 4.78 is 0. The van der Waals surface area contributed by atoms with Crippen LogP contribution in [0.25, 0.3) is 10.6 Å². The van der Waals surface area contributed by atoms with Gasteiger partial charge in [-0.05, 0) is 17.0 Å². The minimum atomic E-state index is -0.133. The number of aromatic nitrogens is 1. The molecule has 1 unspecified atom stereocenters. The monoisotopic (exact) mass is 390 g/mol. The fourth-order valence-electron chi connectivity index (χ4n) is 2.90. The first-order valence-corrected chi connectivity index (χ1v) is 10.4. The van der Waals surface area contributed by atoms with Crippen LogP contribution >= 0.6 is 22.7 Å². The van der Waals surface area contributed by atoms with Crippen LogP contribution in [0.15, 0.2) is 83.6 Å². The summed E-state index contributed by atoms with van der Waals surface area (Å²) in [6.45, 7) is 0. The van der Waals surface area contributed by atoms with Crippen molar-refractivity contribution in [3.8, 4) is 10.6 Å². The zero-order valence-electron chi connectivity index (χ0n) is 14.5. The Labute approximate surface area is 166 Å². The van der Waals surface area contributed by atoms with Gasteiger partial charge in [-0.1, -0.05) is 66.7 Å². The first-order valence-electron chi connectivity index (χ1n) is 8.67. The number of thiazole rings is 1. The van der Waals surface area contributed by atoms with E-state index in [0.717, 1.165) is 26.7 Å². The Hall–Kier alpha value is -2.76. The minimum Gasteiger partial charge on any atom is -0.344 e. The van der Waals surface area contributed by atoms with Crippen LogP contribution in [0.4, 0.5) is 0 Å². The second-order valence-corrected chi connectivity index (χ2v) is 7.95. The minimum absolute atomic E-state index is 0.0258. The smallest absolute Gasteiger partial charge is 0.226 e. The lowest BCUT2D eigenvalue weighted by molar-refractivity contribution is -0.120. The summed E-state index contributed by atoms with van der Waals surface area (Å²) in [6, 6.07) is 24.0. The van der Waals surface area contributed by atoms with E-state index in [2.05, 4.69) is 16.4 Å². The van der Waals surface area contributed by atoms with E-state index in [1.807, 2.05) is 77.5 Å². The third-order valence-corrected chi connectivity index (χ3v) is 6.06. The maximum Gasteiger partial charge on any atom is 0.226 e. The number of benzene rings is 2. The van der Waals surface area contributed by atoms with Crippen molar-refractivity contribution in [2.45, 2.75) is 12.5 Å². The molecule has 3 nitrogen and oxygen atoms in total. The second-order valence-electron chi connectivity index (χ2n) is 6.11. The number of rotatable bonds is 6. The maximum absolute atomic E-state index is 12.7. The number of carbonyl (C=O) groups excluding carboxylic acids is 1. The Balaban J connectivity index is 1.49. The lowest BCUT2D eigenvalue weighted by atomic mass is 10.1. The molecular weight excluding hydrogens is 372 g/mol. The Kier molecular flexibility index (Phi) is 5.42. The number of nitrogens with one attached hydrogen (secondary N) is 1. The van der Waals surface area contributed by atoms with Crippen LogP contribution in [-0.2, 0) is 11.2 Å². The highest BCUT2D eigenvalue weighted by atomic mass is 32.1. The van der Waals surface area contributed by atoms with Crippen molar-refractivity contribution in [2.24, 2.45) is 0 Å². The van der Waals surface area contributed by atoms with Crippen molar-refractivity contribution in [1.29, 1.82) is 0 Å². The lowest BCUT2D eigenvalue weighted by Crippen LogP contribution is -2.30. The molecule has 2 aromatic carbocycles. The van der Waals surface area contributed by atoms with E-state index >= 15 is 0 Å². The Morgan fingerprint density at radius 3 is 2.37 bits per heavy atom. The first kappa shape index (κ1) is 17.6. The van der Waals surface area contributed by atoms with E-state index < -0.39 is 0 Å². The lowest BCUT2D eigenvalue weighted by Gasteiger charge is -2.17. The molecule has 0 aliphatic carbocycles. The molecule has 0 saturated carbocycles. The van der Waals surface area contributed by atoms with E-state index in [9.17, 15) is 4.79 Å². The number of amides is 1. The first-order chi connectivity index (χ1) is 13.3. The predicted molar refractivity (Wildman–Crippen MR) is 112 cm³/mol. The zero-order valence-corrected chi connectivity index (χ0v) is 16.2. The van der Waals surface area contributed by atoms with E-state index in [4.69, 9.17) is 0 Å². The van der Waals surface area contributed by atoms with Gasteiger partial charge in [0, 0.05) is 15.8 Å². The average molecular weight is 391 g/mol. The summed E-state index contributed by atoms with van der Waals surface area (Å²) in [5.74, 6) is -0.0258. The maximum atomic E-state index is 12.7. The van der Waals surface area contributed by atoms with Crippen molar-refractivity contribution in [2.75, 3.05) is 0 Å². The molecule has 0 spiro atoms. The van der Waals surface area contributed by atoms with Gasteiger partial charge in [-0.3, -0.25) is 4.79 Å². The van der Waals surface area contributed by atoms with Crippen molar-refractivity contribution in [3.05, 3.63) is 99.7 Å². The average Bonchev–Trinajstić information content (AvgIpc) is 3.40. The van der Waals surface area contributed by atoms with Crippen LogP contribution in [0.1, 0.15) is 22.2 Å². The van der Waals surface area contributed by atoms with Crippen LogP contribution in [-0.4, -0.2) is 10.9 Å². The number of thiophene rings is 1. The molecule has 0 fully saturated rings. The Bertz CT molecular complexity index is 995. The van der Waals surface area contributed by atoms with Crippen molar-refractivity contribution < 1.29 is 4.79 Å². The van der Waals surface area contributed by atoms with Crippen LogP contribution in [0.2, 0.25) is 0 Å². The van der Waals surface area contributed by atoms with Gasteiger partial charge in [0.1, 0.15) is 5.01 Å². The van der Waals surface area contributed by atoms with Gasteiger partial charge in [0.05, 0.1) is 18.2 Å². The molecule has 5 heteroatoms. The highest BCUT2D eigenvalue weighted by molar-refractivity contribution is 7.13. The van der Waals surface area contributed by atoms with E-state index in [1.54, 1.807) is 22.7 Å². The van der Waals surface area contributed by atoms with Gasteiger partial charge in [0.2, 0.25) is 5.91 Å². The molecule has 0 aliphatic heterocycles. The molecule has 1 atom stereocenters. The van der Waals surface area contributed by atoms with Gasteiger partial charge >= 0.3 is 0 Å². The predicted octanol–water partition coefficient (Wildman–Crippen LogP) is 5.32. The van der Waals surface area contributed by atoms with Gasteiger partial charge in [0.15, 0.2) is 0 Å². The standard InChI is InChI=1S/C22H18N2OS2/c25-20(14-18-15-27-22(23-18)17-10-5-2-6-11-17)24-21(19-12-7-13-26-19)16-8-3-1-4-9-16/h1-13,15,21H,14H2,(H,24,25).